The number of aromatic nitrogens is 1. The first-order valence-corrected chi connectivity index (χ1v) is 5.09. The smallest absolute Gasteiger partial charge is 0.146 e. The molecule has 0 aromatic carbocycles. The lowest BCUT2D eigenvalue weighted by Gasteiger charge is -2.33. The molecule has 1 aliphatic carbocycles. The summed E-state index contributed by atoms with van der Waals surface area (Å²) in [7, 11) is 1.89. The topological polar surface area (TPSA) is 24.9 Å². The summed E-state index contributed by atoms with van der Waals surface area (Å²) in [6, 6.07) is 1.93. The molecule has 0 bridgehead atoms. The van der Waals surface area contributed by atoms with Crippen LogP contribution in [0.15, 0.2) is 18.5 Å². The Bertz CT molecular complexity index is 310. The van der Waals surface area contributed by atoms with Crippen molar-refractivity contribution in [2.45, 2.75) is 25.3 Å². The fourth-order valence-corrected chi connectivity index (χ4v) is 2.06. The van der Waals surface area contributed by atoms with E-state index in [1.165, 1.54) is 25.5 Å². The van der Waals surface area contributed by atoms with Crippen molar-refractivity contribution in [3.05, 3.63) is 29.8 Å². The molecule has 1 aliphatic rings. The minimum Gasteiger partial charge on any atom is -0.313 e. The summed E-state index contributed by atoms with van der Waals surface area (Å²) in [6.07, 6.45) is 6.62. The lowest BCUT2D eigenvalue weighted by molar-refractivity contribution is 0.235. The van der Waals surface area contributed by atoms with E-state index >= 15 is 0 Å². The zero-order valence-corrected chi connectivity index (χ0v) is 8.33. The van der Waals surface area contributed by atoms with E-state index in [0.717, 1.165) is 5.56 Å². The Labute approximate surface area is 83.6 Å². The molecule has 3 heteroatoms. The van der Waals surface area contributed by atoms with Gasteiger partial charge >= 0.3 is 0 Å². The third-order valence-corrected chi connectivity index (χ3v) is 3.07. The molecule has 0 saturated heterocycles. The minimum atomic E-state index is -0.196. The highest BCUT2D eigenvalue weighted by Gasteiger charge is 2.28. The highest BCUT2D eigenvalue weighted by atomic mass is 19.1. The first kappa shape index (κ1) is 9.59. The molecule has 14 heavy (non-hydrogen) atoms. The summed E-state index contributed by atoms with van der Waals surface area (Å²) >= 11 is 0. The van der Waals surface area contributed by atoms with Gasteiger partial charge in [-0.05, 0) is 31.9 Å². The number of nitrogens with zero attached hydrogens (tertiary/aromatic N) is 1. The molecule has 0 aliphatic heterocycles. The second-order valence-corrected chi connectivity index (χ2v) is 3.85. The number of pyridine rings is 1. The van der Waals surface area contributed by atoms with E-state index in [4.69, 9.17) is 0 Å². The zero-order chi connectivity index (χ0) is 9.97. The van der Waals surface area contributed by atoms with E-state index in [1.54, 1.807) is 12.3 Å². The van der Waals surface area contributed by atoms with Crippen LogP contribution >= 0.6 is 0 Å². The summed E-state index contributed by atoms with van der Waals surface area (Å²) in [5.74, 6) is 0.399. The molecule has 1 heterocycles. The van der Waals surface area contributed by atoms with Crippen LogP contribution in [0.4, 0.5) is 4.39 Å². The van der Waals surface area contributed by atoms with Crippen molar-refractivity contribution in [2.75, 3.05) is 7.05 Å². The van der Waals surface area contributed by atoms with E-state index in [0.29, 0.717) is 5.92 Å². The van der Waals surface area contributed by atoms with Crippen LogP contribution in [-0.4, -0.2) is 12.0 Å². The molecule has 0 radical (unpaired) electrons. The summed E-state index contributed by atoms with van der Waals surface area (Å²) in [6.45, 7) is 0. The SMILES string of the molecule is CNC(c1ccncc1F)C1CCC1. The van der Waals surface area contributed by atoms with Crippen LogP contribution in [0.3, 0.4) is 0 Å². The van der Waals surface area contributed by atoms with Crippen molar-refractivity contribution in [1.29, 1.82) is 0 Å². The van der Waals surface area contributed by atoms with Crippen LogP contribution in [0, 0.1) is 11.7 Å². The van der Waals surface area contributed by atoms with Crippen molar-refractivity contribution in [3.8, 4) is 0 Å². The van der Waals surface area contributed by atoms with Crippen LogP contribution < -0.4 is 5.32 Å². The number of nitrogens with one attached hydrogen (secondary N) is 1. The maximum atomic E-state index is 13.4. The first-order valence-electron chi connectivity index (χ1n) is 5.09. The summed E-state index contributed by atoms with van der Waals surface area (Å²) < 4.78 is 13.4. The van der Waals surface area contributed by atoms with Crippen LogP contribution in [-0.2, 0) is 0 Å². The molecule has 1 atom stereocenters. The Morgan fingerprint density at radius 2 is 2.36 bits per heavy atom. The average molecular weight is 194 g/mol. The van der Waals surface area contributed by atoms with E-state index in [9.17, 15) is 4.39 Å². The molecule has 2 nitrogen and oxygen atoms in total. The van der Waals surface area contributed by atoms with E-state index < -0.39 is 0 Å². The predicted molar refractivity (Wildman–Crippen MR) is 53.3 cm³/mol. The number of hydrogen-bond donors (Lipinski definition) is 1. The molecular weight excluding hydrogens is 179 g/mol. The molecule has 1 aromatic heterocycles. The Hall–Kier alpha value is -0.960. The van der Waals surface area contributed by atoms with Gasteiger partial charge in [-0.3, -0.25) is 4.98 Å². The van der Waals surface area contributed by atoms with Gasteiger partial charge in [0.05, 0.1) is 6.20 Å². The van der Waals surface area contributed by atoms with Gasteiger partial charge in [0.15, 0.2) is 0 Å². The van der Waals surface area contributed by atoms with Crippen LogP contribution in [0.1, 0.15) is 30.9 Å². The van der Waals surface area contributed by atoms with Gasteiger partial charge in [-0.25, -0.2) is 4.39 Å². The number of hydrogen-bond acceptors (Lipinski definition) is 2. The summed E-state index contributed by atoms with van der Waals surface area (Å²) in [4.78, 5) is 3.76. The Morgan fingerprint density at radius 3 is 2.86 bits per heavy atom. The molecule has 0 amide bonds. The van der Waals surface area contributed by atoms with Crippen LogP contribution in [0.2, 0.25) is 0 Å². The predicted octanol–water partition coefficient (Wildman–Crippen LogP) is 2.28. The molecule has 1 fully saturated rings. The van der Waals surface area contributed by atoms with Gasteiger partial charge in [0, 0.05) is 17.8 Å². The van der Waals surface area contributed by atoms with E-state index in [1.807, 2.05) is 7.05 Å². The minimum absolute atomic E-state index is 0.159. The molecular formula is C11H15FN2. The maximum Gasteiger partial charge on any atom is 0.146 e. The molecule has 76 valence electrons. The molecule has 1 saturated carbocycles. The molecule has 2 rings (SSSR count). The van der Waals surface area contributed by atoms with Crippen LogP contribution in [0.25, 0.3) is 0 Å². The van der Waals surface area contributed by atoms with Crippen molar-refractivity contribution in [1.82, 2.24) is 10.3 Å². The summed E-state index contributed by atoms with van der Waals surface area (Å²) in [5, 5.41) is 3.19. The van der Waals surface area contributed by atoms with Gasteiger partial charge in [-0.2, -0.15) is 0 Å². The Kier molecular flexibility index (Phi) is 2.77. The second-order valence-electron chi connectivity index (χ2n) is 3.85. The fraction of sp³-hybridized carbons (Fsp3) is 0.545. The van der Waals surface area contributed by atoms with Gasteiger partial charge in [0.2, 0.25) is 0 Å². The zero-order valence-electron chi connectivity index (χ0n) is 8.33. The van der Waals surface area contributed by atoms with Gasteiger partial charge in [0.1, 0.15) is 5.82 Å². The largest absolute Gasteiger partial charge is 0.313 e. The lowest BCUT2D eigenvalue weighted by atomic mass is 9.77. The second kappa shape index (κ2) is 4.05. The third-order valence-electron chi connectivity index (χ3n) is 3.07. The summed E-state index contributed by atoms with van der Waals surface area (Å²) in [5.41, 5.74) is 0.757. The monoisotopic (exact) mass is 194 g/mol. The molecule has 1 N–H and O–H groups in total. The standard InChI is InChI=1S/C11H15FN2/c1-13-11(8-3-2-4-8)9-5-6-14-7-10(9)12/h5-8,11,13H,2-4H2,1H3. The molecule has 0 spiro atoms. The number of rotatable bonds is 3. The van der Waals surface area contributed by atoms with Gasteiger partial charge in [-0.15, -0.1) is 0 Å². The van der Waals surface area contributed by atoms with Crippen molar-refractivity contribution in [3.63, 3.8) is 0 Å². The van der Waals surface area contributed by atoms with Crippen molar-refractivity contribution in [2.24, 2.45) is 5.92 Å². The van der Waals surface area contributed by atoms with Crippen LogP contribution in [0.5, 0.6) is 0 Å². The fourth-order valence-electron chi connectivity index (χ4n) is 2.06. The molecule has 1 unspecified atom stereocenters. The highest BCUT2D eigenvalue weighted by Crippen LogP contribution is 2.37. The molecule has 1 aromatic rings. The van der Waals surface area contributed by atoms with Crippen molar-refractivity contribution < 1.29 is 4.39 Å². The van der Waals surface area contributed by atoms with E-state index in [-0.39, 0.29) is 11.9 Å². The maximum absolute atomic E-state index is 13.4. The third kappa shape index (κ3) is 1.64. The normalized spacial score (nSPS) is 19.0. The Morgan fingerprint density at radius 1 is 1.57 bits per heavy atom. The average Bonchev–Trinajstić information content (AvgIpc) is 2.12. The Balaban J connectivity index is 2.22. The van der Waals surface area contributed by atoms with Gasteiger partial charge in [0.25, 0.3) is 0 Å². The highest BCUT2D eigenvalue weighted by molar-refractivity contribution is 5.18. The van der Waals surface area contributed by atoms with Gasteiger partial charge in [-0.1, -0.05) is 6.42 Å². The quantitative estimate of drug-likeness (QED) is 0.798. The first-order chi connectivity index (χ1) is 6.83. The number of halogens is 1. The van der Waals surface area contributed by atoms with E-state index in [2.05, 4.69) is 10.3 Å². The van der Waals surface area contributed by atoms with Crippen molar-refractivity contribution >= 4 is 0 Å². The lowest BCUT2D eigenvalue weighted by Crippen LogP contribution is -2.30. The van der Waals surface area contributed by atoms with Gasteiger partial charge < -0.3 is 5.32 Å².